The molecule has 2 N–H and O–H groups in total. The van der Waals surface area contributed by atoms with Crippen LogP contribution in [0.15, 0.2) is 0 Å². The Bertz CT molecular complexity index is 278. The summed E-state index contributed by atoms with van der Waals surface area (Å²) in [7, 11) is 0. The summed E-state index contributed by atoms with van der Waals surface area (Å²) in [5, 5.41) is 0. The van der Waals surface area contributed by atoms with Crippen molar-refractivity contribution in [1.29, 1.82) is 0 Å². The number of rotatable bonds is 9. The minimum atomic E-state index is 0.246. The monoisotopic (exact) mass is 297 g/mol. The molecule has 1 rings (SSSR count). The lowest BCUT2D eigenvalue weighted by molar-refractivity contribution is -0.00256. The van der Waals surface area contributed by atoms with Gasteiger partial charge in [-0.2, -0.15) is 0 Å². The summed E-state index contributed by atoms with van der Waals surface area (Å²) < 4.78 is 0. The molecule has 0 aliphatic heterocycles. The number of nitrogens with zero attached hydrogens (tertiary/aromatic N) is 2. The van der Waals surface area contributed by atoms with Crippen molar-refractivity contribution in [3.8, 4) is 0 Å². The molecule has 0 aromatic heterocycles. The third kappa shape index (κ3) is 4.67. The molecule has 0 amide bonds. The molecule has 21 heavy (non-hydrogen) atoms. The lowest BCUT2D eigenvalue weighted by Crippen LogP contribution is -2.60. The highest BCUT2D eigenvalue weighted by Gasteiger charge is 2.43. The molecule has 3 nitrogen and oxygen atoms in total. The summed E-state index contributed by atoms with van der Waals surface area (Å²) in [5.74, 6) is 1.55. The van der Waals surface area contributed by atoms with Gasteiger partial charge in [0.1, 0.15) is 0 Å². The maximum atomic E-state index is 6.30. The summed E-state index contributed by atoms with van der Waals surface area (Å²) in [6.07, 6.45) is 5.26. The van der Waals surface area contributed by atoms with Crippen LogP contribution >= 0.6 is 0 Å². The summed E-state index contributed by atoms with van der Waals surface area (Å²) in [5.41, 5.74) is 6.54. The summed E-state index contributed by atoms with van der Waals surface area (Å²) in [6.45, 7) is 18.3. The van der Waals surface area contributed by atoms with Crippen LogP contribution in [0.3, 0.4) is 0 Å². The zero-order valence-electron chi connectivity index (χ0n) is 15.2. The van der Waals surface area contributed by atoms with Crippen LogP contribution in [-0.4, -0.2) is 54.6 Å². The van der Waals surface area contributed by atoms with Gasteiger partial charge in [-0.3, -0.25) is 4.90 Å². The molecule has 1 saturated carbocycles. The van der Waals surface area contributed by atoms with Crippen molar-refractivity contribution < 1.29 is 0 Å². The third-order valence-electron chi connectivity index (χ3n) is 5.87. The van der Waals surface area contributed by atoms with Gasteiger partial charge in [-0.15, -0.1) is 0 Å². The van der Waals surface area contributed by atoms with E-state index >= 15 is 0 Å². The average Bonchev–Trinajstić information content (AvgIpc) is 2.50. The number of hydrogen-bond donors (Lipinski definition) is 1. The van der Waals surface area contributed by atoms with Crippen LogP contribution < -0.4 is 5.73 Å². The summed E-state index contributed by atoms with van der Waals surface area (Å²) in [4.78, 5) is 5.23. The van der Waals surface area contributed by atoms with Gasteiger partial charge in [0.25, 0.3) is 0 Å². The predicted octanol–water partition coefficient (Wildman–Crippen LogP) is 3.19. The van der Waals surface area contributed by atoms with Gasteiger partial charge in [-0.05, 0) is 63.8 Å². The molecule has 0 aromatic rings. The molecule has 1 fully saturated rings. The molecule has 0 bridgehead atoms. The van der Waals surface area contributed by atoms with Crippen molar-refractivity contribution in [2.24, 2.45) is 17.6 Å². The van der Waals surface area contributed by atoms with Gasteiger partial charge in [0, 0.05) is 12.1 Å². The first-order valence-electron chi connectivity index (χ1n) is 9.21. The van der Waals surface area contributed by atoms with Gasteiger partial charge in [-0.1, -0.05) is 41.0 Å². The normalized spacial score (nSPS) is 30.3. The Morgan fingerprint density at radius 1 is 1.00 bits per heavy atom. The minimum absolute atomic E-state index is 0.246. The number of likely N-dealkylation sites (N-methyl/N-ethyl adjacent to an activating group) is 1. The van der Waals surface area contributed by atoms with E-state index in [0.29, 0.717) is 0 Å². The van der Waals surface area contributed by atoms with Gasteiger partial charge >= 0.3 is 0 Å². The maximum absolute atomic E-state index is 6.30. The van der Waals surface area contributed by atoms with Gasteiger partial charge in [-0.25, -0.2) is 0 Å². The second kappa shape index (κ2) is 9.12. The molecule has 126 valence electrons. The Morgan fingerprint density at radius 2 is 1.67 bits per heavy atom. The fourth-order valence-electron chi connectivity index (χ4n) is 4.28. The van der Waals surface area contributed by atoms with Crippen molar-refractivity contribution in [2.45, 2.75) is 65.8 Å². The molecule has 1 aliphatic carbocycles. The van der Waals surface area contributed by atoms with Crippen LogP contribution in [0.4, 0.5) is 0 Å². The first-order valence-corrected chi connectivity index (χ1v) is 9.21. The lowest BCUT2D eigenvalue weighted by Gasteiger charge is -2.52. The number of nitrogens with two attached hydrogens (primary N) is 1. The molecule has 0 radical (unpaired) electrons. The van der Waals surface area contributed by atoms with E-state index in [0.717, 1.165) is 38.0 Å². The zero-order chi connectivity index (χ0) is 15.9. The van der Waals surface area contributed by atoms with Crippen LogP contribution in [0.1, 0.15) is 60.3 Å². The smallest absolute Gasteiger partial charge is 0.0359 e. The molecule has 3 atom stereocenters. The van der Waals surface area contributed by atoms with E-state index in [-0.39, 0.29) is 5.54 Å². The van der Waals surface area contributed by atoms with E-state index in [9.17, 15) is 0 Å². The van der Waals surface area contributed by atoms with Crippen LogP contribution in [0.2, 0.25) is 0 Å². The first kappa shape index (κ1) is 18.9. The van der Waals surface area contributed by atoms with E-state index in [4.69, 9.17) is 5.73 Å². The predicted molar refractivity (Wildman–Crippen MR) is 93.6 cm³/mol. The molecule has 0 spiro atoms. The van der Waals surface area contributed by atoms with Crippen molar-refractivity contribution in [3.05, 3.63) is 0 Å². The fourth-order valence-corrected chi connectivity index (χ4v) is 4.28. The number of hydrogen-bond acceptors (Lipinski definition) is 3. The topological polar surface area (TPSA) is 32.5 Å². The average molecular weight is 298 g/mol. The van der Waals surface area contributed by atoms with Crippen LogP contribution in [0, 0.1) is 11.8 Å². The van der Waals surface area contributed by atoms with Gasteiger partial charge < -0.3 is 10.6 Å². The molecule has 0 heterocycles. The standard InChI is InChI=1S/C18H39N3/c1-6-20(7-2)12-9-13-21(8-3)18(15-19)14-16(4)10-11-17(18)5/h16-17H,6-15,19H2,1-5H3. The summed E-state index contributed by atoms with van der Waals surface area (Å²) >= 11 is 0. The van der Waals surface area contributed by atoms with Gasteiger partial charge in [0.05, 0.1) is 0 Å². The van der Waals surface area contributed by atoms with E-state index in [1.54, 1.807) is 0 Å². The van der Waals surface area contributed by atoms with Crippen molar-refractivity contribution in [1.82, 2.24) is 9.80 Å². The van der Waals surface area contributed by atoms with E-state index in [1.165, 1.54) is 38.8 Å². The Hall–Kier alpha value is -0.120. The van der Waals surface area contributed by atoms with Crippen LogP contribution in [-0.2, 0) is 0 Å². The molecule has 0 saturated heterocycles. The van der Waals surface area contributed by atoms with Crippen molar-refractivity contribution in [2.75, 3.05) is 39.3 Å². The van der Waals surface area contributed by atoms with E-state index in [2.05, 4.69) is 44.4 Å². The largest absolute Gasteiger partial charge is 0.329 e. The second-order valence-electron chi connectivity index (χ2n) is 7.06. The Labute approximate surface area is 133 Å². The summed E-state index contributed by atoms with van der Waals surface area (Å²) in [6, 6.07) is 0. The van der Waals surface area contributed by atoms with Crippen molar-refractivity contribution in [3.63, 3.8) is 0 Å². The Morgan fingerprint density at radius 3 is 2.19 bits per heavy atom. The highest BCUT2D eigenvalue weighted by atomic mass is 15.2. The third-order valence-corrected chi connectivity index (χ3v) is 5.87. The van der Waals surface area contributed by atoms with Crippen LogP contribution in [0.25, 0.3) is 0 Å². The molecule has 1 aliphatic rings. The van der Waals surface area contributed by atoms with E-state index < -0.39 is 0 Å². The van der Waals surface area contributed by atoms with Gasteiger partial charge in [0.15, 0.2) is 0 Å². The molecular formula is C18H39N3. The fraction of sp³-hybridized carbons (Fsp3) is 1.00. The first-order chi connectivity index (χ1) is 10.0. The SMILES string of the molecule is CCN(CC)CCCN(CC)C1(CN)CC(C)CCC1C. The maximum Gasteiger partial charge on any atom is 0.0359 e. The van der Waals surface area contributed by atoms with Gasteiger partial charge in [0.2, 0.25) is 0 Å². The molecule has 3 unspecified atom stereocenters. The minimum Gasteiger partial charge on any atom is -0.329 e. The van der Waals surface area contributed by atoms with Crippen LogP contribution in [0.5, 0.6) is 0 Å². The molecular weight excluding hydrogens is 258 g/mol. The van der Waals surface area contributed by atoms with E-state index in [1.807, 2.05) is 0 Å². The Kier molecular flexibility index (Phi) is 8.22. The lowest BCUT2D eigenvalue weighted by atomic mass is 9.68. The highest BCUT2D eigenvalue weighted by molar-refractivity contribution is 4.99. The molecule has 3 heteroatoms. The zero-order valence-corrected chi connectivity index (χ0v) is 15.2. The van der Waals surface area contributed by atoms with Crippen molar-refractivity contribution >= 4 is 0 Å². The second-order valence-corrected chi connectivity index (χ2v) is 7.06. The molecule has 0 aromatic carbocycles. The quantitative estimate of drug-likeness (QED) is 0.709. The highest BCUT2D eigenvalue weighted by Crippen LogP contribution is 2.40. The Balaban J connectivity index is 2.66.